The van der Waals surface area contributed by atoms with E-state index in [0.29, 0.717) is 0 Å². The Morgan fingerprint density at radius 1 is 1.54 bits per heavy atom. The molecule has 0 saturated carbocycles. The van der Waals surface area contributed by atoms with Gasteiger partial charge in [-0.1, -0.05) is 6.08 Å². The summed E-state index contributed by atoms with van der Waals surface area (Å²) in [6.45, 7) is 0. The Hall–Kier alpha value is 0.110. The molecule has 4 nitrogen and oxygen atoms in total. The van der Waals surface area contributed by atoms with Crippen molar-refractivity contribution in [2.75, 3.05) is 6.00 Å². The van der Waals surface area contributed by atoms with Gasteiger partial charge >= 0.3 is 21.1 Å². The van der Waals surface area contributed by atoms with Crippen molar-refractivity contribution >= 4 is 11.6 Å². The molecule has 1 aliphatic heterocycles. The highest BCUT2D eigenvalue weighted by Gasteiger charge is 2.09. The van der Waals surface area contributed by atoms with E-state index in [9.17, 15) is 4.39 Å². The second kappa shape index (κ2) is 7.51. The SMILES string of the molecule is FC1C=CC=CN1CCl.[O-][I+2]([O-])O. The highest BCUT2D eigenvalue weighted by atomic mass is 127. The van der Waals surface area contributed by atoms with E-state index in [1.807, 2.05) is 0 Å². The molecule has 0 bridgehead atoms. The summed E-state index contributed by atoms with van der Waals surface area (Å²) in [6.07, 6.45) is 5.43. The van der Waals surface area contributed by atoms with Crippen LogP contribution in [0.15, 0.2) is 24.4 Å². The monoisotopic (exact) mass is 323 g/mol. The van der Waals surface area contributed by atoms with Gasteiger partial charge in [0.1, 0.15) is 0 Å². The molecule has 0 fully saturated rings. The van der Waals surface area contributed by atoms with Gasteiger partial charge in [-0.2, -0.15) is 0 Å². The van der Waals surface area contributed by atoms with Crippen molar-refractivity contribution in [2.45, 2.75) is 6.30 Å². The van der Waals surface area contributed by atoms with Crippen molar-refractivity contribution in [3.05, 3.63) is 24.4 Å². The quantitative estimate of drug-likeness (QED) is 0.303. The van der Waals surface area contributed by atoms with Gasteiger partial charge < -0.3 is 11.8 Å². The number of allylic oxidation sites excluding steroid dienone is 2. The standard InChI is InChI=1S/C6H7ClFN.HIO3/c7-5-9-4-2-1-3-6(9)8;2-1(3)4/h1-4,6H,5H2;2H. The highest BCUT2D eigenvalue weighted by molar-refractivity contribution is 6.17. The lowest BCUT2D eigenvalue weighted by Gasteiger charge is -2.20. The molecule has 7 heteroatoms. The van der Waals surface area contributed by atoms with Gasteiger partial charge in [-0.15, -0.1) is 11.6 Å². The average molecular weight is 323 g/mol. The Morgan fingerprint density at radius 2 is 2.08 bits per heavy atom. The van der Waals surface area contributed by atoms with Crippen molar-refractivity contribution in [3.63, 3.8) is 0 Å². The van der Waals surface area contributed by atoms with Crippen LogP contribution in [-0.4, -0.2) is 20.6 Å². The van der Waals surface area contributed by atoms with Crippen LogP contribution in [0.25, 0.3) is 0 Å². The minimum Gasteiger partial charge on any atom is -0.396 e. The van der Waals surface area contributed by atoms with Crippen molar-refractivity contribution < 1.29 is 35.8 Å². The highest BCUT2D eigenvalue weighted by Crippen LogP contribution is 2.09. The Kier molecular flexibility index (Phi) is 7.57. The molecule has 0 aromatic heterocycles. The number of halogens is 3. The third kappa shape index (κ3) is 7.20. The van der Waals surface area contributed by atoms with Crippen LogP contribution >= 0.6 is 11.6 Å². The van der Waals surface area contributed by atoms with Crippen LogP contribution in [0.1, 0.15) is 0 Å². The van der Waals surface area contributed by atoms with Gasteiger partial charge in [0, 0.05) is 6.20 Å². The summed E-state index contributed by atoms with van der Waals surface area (Å²) >= 11 is 1.61. The lowest BCUT2D eigenvalue weighted by atomic mass is 10.3. The van der Waals surface area contributed by atoms with Crippen LogP contribution in [0.2, 0.25) is 0 Å². The summed E-state index contributed by atoms with van der Waals surface area (Å²) in [5.41, 5.74) is 0. The summed E-state index contributed by atoms with van der Waals surface area (Å²) in [6, 6.07) is 0.196. The average Bonchev–Trinajstić information content (AvgIpc) is 2.04. The number of rotatable bonds is 1. The first-order valence-electron chi connectivity index (χ1n) is 3.13. The second-order valence-electron chi connectivity index (χ2n) is 1.93. The molecular formula is C6H8ClFINO3. The zero-order valence-electron chi connectivity index (χ0n) is 6.44. The fraction of sp³-hybridized carbons (Fsp3) is 0.333. The summed E-state index contributed by atoms with van der Waals surface area (Å²) in [5.74, 6) is 0. The van der Waals surface area contributed by atoms with Crippen molar-refractivity contribution in [3.8, 4) is 0 Å². The first-order chi connectivity index (χ1) is 6.07. The number of hydrogen-bond donors (Lipinski definition) is 1. The lowest BCUT2D eigenvalue weighted by Crippen LogP contribution is -3.98. The third-order valence-corrected chi connectivity index (χ3v) is 1.39. The van der Waals surface area contributed by atoms with E-state index in [2.05, 4.69) is 0 Å². The number of nitrogens with zero attached hydrogens (tertiary/aromatic N) is 1. The van der Waals surface area contributed by atoms with Crippen molar-refractivity contribution in [2.24, 2.45) is 0 Å². The molecule has 0 aliphatic carbocycles. The smallest absolute Gasteiger partial charge is 0.396 e. The largest absolute Gasteiger partial charge is 0.503 e. The molecule has 1 atom stereocenters. The molecule has 0 spiro atoms. The normalized spacial score (nSPS) is 20.2. The maximum atomic E-state index is 12.6. The molecular weight excluding hydrogens is 315 g/mol. The first-order valence-corrected chi connectivity index (χ1v) is 6.39. The van der Waals surface area contributed by atoms with E-state index < -0.39 is 27.4 Å². The Morgan fingerprint density at radius 3 is 2.38 bits per heavy atom. The minimum atomic E-state index is -3.76. The van der Waals surface area contributed by atoms with Crippen LogP contribution < -0.4 is 27.9 Å². The van der Waals surface area contributed by atoms with Gasteiger partial charge in [-0.05, 0) is 15.6 Å². The number of alkyl halides is 2. The fourth-order valence-electron chi connectivity index (χ4n) is 0.615. The summed E-state index contributed by atoms with van der Waals surface area (Å²) in [5, 5.41) is 0. The van der Waals surface area contributed by atoms with Gasteiger partial charge in [0.05, 0.1) is 6.00 Å². The van der Waals surface area contributed by atoms with Gasteiger partial charge in [0.25, 0.3) is 0 Å². The van der Waals surface area contributed by atoms with Crippen LogP contribution in [0.5, 0.6) is 0 Å². The van der Waals surface area contributed by atoms with Crippen molar-refractivity contribution in [1.29, 1.82) is 0 Å². The van der Waals surface area contributed by atoms with E-state index >= 15 is 0 Å². The van der Waals surface area contributed by atoms with E-state index in [0.717, 1.165) is 0 Å². The molecule has 76 valence electrons. The summed E-state index contributed by atoms with van der Waals surface area (Å²) in [4.78, 5) is 1.39. The van der Waals surface area contributed by atoms with Gasteiger partial charge in [0.15, 0.2) is 6.30 Å². The molecule has 0 amide bonds. The molecule has 0 radical (unpaired) electrons. The second-order valence-corrected chi connectivity index (χ2v) is 3.32. The summed E-state index contributed by atoms with van der Waals surface area (Å²) in [7, 11) is 0. The van der Waals surface area contributed by atoms with Gasteiger partial charge in [0.2, 0.25) is 0 Å². The van der Waals surface area contributed by atoms with E-state index in [-0.39, 0.29) is 6.00 Å². The zero-order valence-corrected chi connectivity index (χ0v) is 9.35. The number of hydrogen-bond acceptors (Lipinski definition) is 4. The predicted molar refractivity (Wildman–Crippen MR) is 38.0 cm³/mol. The van der Waals surface area contributed by atoms with Crippen LogP contribution in [-0.2, 0) is 0 Å². The molecule has 0 saturated heterocycles. The maximum Gasteiger partial charge on any atom is 0.503 e. The van der Waals surface area contributed by atoms with Crippen LogP contribution in [0.4, 0.5) is 4.39 Å². The molecule has 1 aliphatic rings. The lowest BCUT2D eigenvalue weighted by molar-refractivity contribution is -1.63. The van der Waals surface area contributed by atoms with Gasteiger partial charge in [-0.3, -0.25) is 0 Å². The Balaban J connectivity index is 0.000000310. The molecule has 1 N–H and O–H groups in total. The van der Waals surface area contributed by atoms with Crippen LogP contribution in [0.3, 0.4) is 0 Å². The molecule has 1 unspecified atom stereocenters. The zero-order chi connectivity index (χ0) is 10.3. The predicted octanol–water partition coefficient (Wildman–Crippen LogP) is -4.07. The topological polar surface area (TPSA) is 69.6 Å². The fourth-order valence-corrected chi connectivity index (χ4v) is 0.826. The van der Waals surface area contributed by atoms with Crippen LogP contribution in [0, 0.1) is 0 Å². The van der Waals surface area contributed by atoms with E-state index in [1.165, 1.54) is 11.0 Å². The third-order valence-electron chi connectivity index (χ3n) is 1.11. The molecule has 1 rings (SSSR count). The molecule has 0 aromatic rings. The Labute approximate surface area is 89.0 Å². The maximum absolute atomic E-state index is 12.6. The van der Waals surface area contributed by atoms with E-state index in [1.54, 1.807) is 18.4 Å². The van der Waals surface area contributed by atoms with E-state index in [4.69, 9.17) is 21.9 Å². The first kappa shape index (κ1) is 13.1. The Bertz CT molecular complexity index is 188. The molecule has 0 aromatic carbocycles. The minimum absolute atomic E-state index is 0.196. The summed E-state index contributed by atoms with van der Waals surface area (Å²) < 4.78 is 37.0. The molecule has 1 heterocycles. The van der Waals surface area contributed by atoms with Crippen molar-refractivity contribution in [1.82, 2.24) is 4.90 Å². The molecule has 13 heavy (non-hydrogen) atoms. The van der Waals surface area contributed by atoms with Gasteiger partial charge in [-0.25, -0.2) is 4.39 Å².